The van der Waals surface area contributed by atoms with E-state index in [-0.39, 0.29) is 17.6 Å². The van der Waals surface area contributed by atoms with E-state index in [1.807, 2.05) is 0 Å². The second kappa shape index (κ2) is 4.83. The van der Waals surface area contributed by atoms with E-state index >= 15 is 0 Å². The number of esters is 1. The number of rotatable bonds is 3. The molecule has 0 bridgehead atoms. The van der Waals surface area contributed by atoms with Gasteiger partial charge in [-0.15, -0.1) is 0 Å². The molecule has 1 aromatic carbocycles. The van der Waals surface area contributed by atoms with Gasteiger partial charge in [0.25, 0.3) is 5.69 Å². The molecule has 0 spiro atoms. The van der Waals surface area contributed by atoms with Crippen molar-refractivity contribution in [3.63, 3.8) is 0 Å². The summed E-state index contributed by atoms with van der Waals surface area (Å²) in [5, 5.41) is 10.4. The Morgan fingerprint density at radius 1 is 1.35 bits per heavy atom. The van der Waals surface area contributed by atoms with Crippen LogP contribution in [0.2, 0.25) is 0 Å². The highest BCUT2D eigenvalue weighted by Gasteiger charge is 2.34. The Morgan fingerprint density at radius 3 is 2.41 bits per heavy atom. The first kappa shape index (κ1) is 12.0. The minimum absolute atomic E-state index is 0.0195. The van der Waals surface area contributed by atoms with Gasteiger partial charge in [0.2, 0.25) is 0 Å². The summed E-state index contributed by atoms with van der Waals surface area (Å²) in [4.78, 5) is 21.9. The van der Waals surface area contributed by atoms with Gasteiger partial charge < -0.3 is 4.74 Å². The summed E-state index contributed by atoms with van der Waals surface area (Å²) in [6, 6.07) is 5.49. The summed E-state index contributed by atoms with van der Waals surface area (Å²) >= 11 is 3.40. The van der Waals surface area contributed by atoms with Crippen LogP contribution in [-0.4, -0.2) is 15.7 Å². The maximum absolute atomic E-state index is 11.6. The molecule has 5 nitrogen and oxygen atoms in total. The van der Waals surface area contributed by atoms with Crippen molar-refractivity contribution in [3.8, 4) is 5.75 Å². The van der Waals surface area contributed by atoms with E-state index in [0.29, 0.717) is 10.6 Å². The summed E-state index contributed by atoms with van der Waals surface area (Å²) in [5.74, 6) is 0.0164. The fourth-order valence-electron chi connectivity index (χ4n) is 1.58. The van der Waals surface area contributed by atoms with E-state index in [1.165, 1.54) is 24.3 Å². The van der Waals surface area contributed by atoms with E-state index in [1.54, 1.807) is 0 Å². The molecule has 0 atom stereocenters. The van der Waals surface area contributed by atoms with Crippen molar-refractivity contribution in [2.75, 3.05) is 0 Å². The van der Waals surface area contributed by atoms with Gasteiger partial charge in [0.1, 0.15) is 5.75 Å². The number of non-ortho nitro benzene ring substituents is 1. The van der Waals surface area contributed by atoms with Gasteiger partial charge in [0, 0.05) is 17.0 Å². The van der Waals surface area contributed by atoms with E-state index in [9.17, 15) is 14.9 Å². The Morgan fingerprint density at radius 2 is 1.94 bits per heavy atom. The minimum Gasteiger partial charge on any atom is -0.426 e. The maximum atomic E-state index is 11.6. The van der Waals surface area contributed by atoms with Crippen LogP contribution in [0.4, 0.5) is 5.69 Å². The van der Waals surface area contributed by atoms with Gasteiger partial charge >= 0.3 is 5.97 Å². The fraction of sp³-hybridized carbons (Fsp3) is 0.364. The average molecular weight is 300 g/mol. The average Bonchev–Trinajstić information content (AvgIpc) is 2.25. The molecule has 6 heteroatoms. The number of ether oxygens (including phenoxy) is 1. The van der Waals surface area contributed by atoms with Crippen LogP contribution in [0, 0.1) is 16.0 Å². The van der Waals surface area contributed by atoms with Crippen molar-refractivity contribution in [1.82, 2.24) is 0 Å². The normalized spacial score (nSPS) is 22.6. The number of nitrogens with zero attached hydrogens (tertiary/aromatic N) is 1. The Balaban J connectivity index is 1.95. The number of nitro groups is 1. The number of alkyl halides is 1. The summed E-state index contributed by atoms with van der Waals surface area (Å²) in [6.07, 6.45) is 1.57. The molecule has 0 aromatic heterocycles. The van der Waals surface area contributed by atoms with Crippen LogP contribution < -0.4 is 4.74 Å². The molecule has 1 aliphatic rings. The predicted octanol–water partition coefficient (Wildman–Crippen LogP) is 2.67. The van der Waals surface area contributed by atoms with Gasteiger partial charge in [-0.05, 0) is 25.0 Å². The summed E-state index contributed by atoms with van der Waals surface area (Å²) < 4.78 is 5.12. The highest BCUT2D eigenvalue weighted by molar-refractivity contribution is 9.09. The van der Waals surface area contributed by atoms with Crippen LogP contribution in [-0.2, 0) is 4.79 Å². The Bertz CT molecular complexity index is 439. The number of carbonyl (C=O) groups excluding carboxylic acids is 1. The molecule has 1 saturated carbocycles. The standard InChI is InChI=1S/C11H10BrNO4/c12-8-5-7(6-8)11(14)17-10-3-1-9(2-4-10)13(15)16/h1-4,7-8H,5-6H2. The second-order valence-electron chi connectivity index (χ2n) is 3.94. The third-order valence-electron chi connectivity index (χ3n) is 2.68. The van der Waals surface area contributed by atoms with Crippen LogP contribution in [0.1, 0.15) is 12.8 Å². The number of benzene rings is 1. The lowest BCUT2D eigenvalue weighted by Gasteiger charge is -2.28. The molecule has 0 N–H and O–H groups in total. The SMILES string of the molecule is O=C(Oc1ccc([N+](=O)[O-])cc1)C1CC(Br)C1. The number of halogens is 1. The van der Waals surface area contributed by atoms with Crippen molar-refractivity contribution in [1.29, 1.82) is 0 Å². The van der Waals surface area contributed by atoms with Gasteiger partial charge in [-0.1, -0.05) is 15.9 Å². The Labute approximate surface area is 106 Å². The third-order valence-corrected chi connectivity index (χ3v) is 3.43. The van der Waals surface area contributed by atoms with Crippen molar-refractivity contribution in [3.05, 3.63) is 34.4 Å². The third kappa shape index (κ3) is 2.82. The molecule has 0 saturated heterocycles. The van der Waals surface area contributed by atoms with E-state index in [0.717, 1.165) is 12.8 Å². The van der Waals surface area contributed by atoms with Crippen LogP contribution in [0.25, 0.3) is 0 Å². The Hall–Kier alpha value is -1.43. The quantitative estimate of drug-likeness (QED) is 0.283. The molecule has 90 valence electrons. The largest absolute Gasteiger partial charge is 0.426 e. The molecule has 17 heavy (non-hydrogen) atoms. The molecular formula is C11H10BrNO4. The lowest BCUT2D eigenvalue weighted by atomic mass is 9.85. The van der Waals surface area contributed by atoms with Crippen LogP contribution in [0.15, 0.2) is 24.3 Å². The molecule has 2 rings (SSSR count). The highest BCUT2D eigenvalue weighted by Crippen LogP contribution is 2.34. The first-order valence-corrected chi connectivity index (χ1v) is 6.08. The minimum atomic E-state index is -0.493. The molecule has 1 aromatic rings. The number of nitro benzene ring substituents is 1. The van der Waals surface area contributed by atoms with Crippen molar-refractivity contribution < 1.29 is 14.5 Å². The zero-order chi connectivity index (χ0) is 12.4. The van der Waals surface area contributed by atoms with Gasteiger partial charge in [-0.2, -0.15) is 0 Å². The summed E-state index contributed by atoms with van der Waals surface area (Å²) in [7, 11) is 0. The number of hydrogen-bond donors (Lipinski definition) is 0. The van der Waals surface area contributed by atoms with Gasteiger partial charge in [0.15, 0.2) is 0 Å². The monoisotopic (exact) mass is 299 g/mol. The molecule has 0 heterocycles. The van der Waals surface area contributed by atoms with Crippen molar-refractivity contribution in [2.24, 2.45) is 5.92 Å². The van der Waals surface area contributed by atoms with E-state index in [2.05, 4.69) is 15.9 Å². The lowest BCUT2D eigenvalue weighted by molar-refractivity contribution is -0.384. The fourth-order valence-corrected chi connectivity index (χ4v) is 2.48. The smallest absolute Gasteiger partial charge is 0.314 e. The lowest BCUT2D eigenvalue weighted by Crippen LogP contribution is -2.33. The molecule has 0 aliphatic heterocycles. The molecule has 1 aliphatic carbocycles. The van der Waals surface area contributed by atoms with Crippen LogP contribution >= 0.6 is 15.9 Å². The molecule has 0 radical (unpaired) electrons. The summed E-state index contributed by atoms with van der Waals surface area (Å²) in [5.41, 5.74) is -0.0195. The molecule has 0 amide bonds. The zero-order valence-electron chi connectivity index (χ0n) is 8.84. The van der Waals surface area contributed by atoms with Crippen LogP contribution in [0.5, 0.6) is 5.75 Å². The van der Waals surface area contributed by atoms with Gasteiger partial charge in [-0.25, -0.2) is 0 Å². The Kier molecular flexibility index (Phi) is 3.42. The maximum Gasteiger partial charge on any atom is 0.314 e. The molecular weight excluding hydrogens is 290 g/mol. The first-order valence-electron chi connectivity index (χ1n) is 5.16. The van der Waals surface area contributed by atoms with E-state index < -0.39 is 4.92 Å². The van der Waals surface area contributed by atoms with Crippen LogP contribution in [0.3, 0.4) is 0 Å². The van der Waals surface area contributed by atoms with Crippen molar-refractivity contribution >= 4 is 27.6 Å². The topological polar surface area (TPSA) is 69.4 Å². The number of hydrogen-bond acceptors (Lipinski definition) is 4. The van der Waals surface area contributed by atoms with E-state index in [4.69, 9.17) is 4.74 Å². The number of carbonyl (C=O) groups is 1. The first-order chi connectivity index (χ1) is 8.06. The molecule has 0 unspecified atom stereocenters. The predicted molar refractivity (Wildman–Crippen MR) is 64.2 cm³/mol. The second-order valence-corrected chi connectivity index (χ2v) is 5.23. The molecule has 1 fully saturated rings. The van der Waals surface area contributed by atoms with Gasteiger partial charge in [0.05, 0.1) is 10.8 Å². The van der Waals surface area contributed by atoms with Crippen molar-refractivity contribution in [2.45, 2.75) is 17.7 Å². The summed E-state index contributed by atoms with van der Waals surface area (Å²) in [6.45, 7) is 0. The highest BCUT2D eigenvalue weighted by atomic mass is 79.9. The van der Waals surface area contributed by atoms with Gasteiger partial charge in [-0.3, -0.25) is 14.9 Å². The zero-order valence-corrected chi connectivity index (χ0v) is 10.4.